The van der Waals surface area contributed by atoms with E-state index in [4.69, 9.17) is 18.9 Å². The first-order chi connectivity index (χ1) is 16.6. The summed E-state index contributed by atoms with van der Waals surface area (Å²) in [6.07, 6.45) is 5.35. The average Bonchev–Trinajstić information content (AvgIpc) is 2.88. The van der Waals surface area contributed by atoms with Crippen LogP contribution in [0.25, 0.3) is 0 Å². The molecule has 0 aliphatic carbocycles. The fourth-order valence-electron chi connectivity index (χ4n) is 4.95. The van der Waals surface area contributed by atoms with Crippen LogP contribution in [-0.4, -0.2) is 46.6 Å². The van der Waals surface area contributed by atoms with E-state index in [1.165, 1.54) is 16.8 Å². The van der Waals surface area contributed by atoms with Gasteiger partial charge in [0.25, 0.3) is 0 Å². The van der Waals surface area contributed by atoms with Crippen molar-refractivity contribution in [2.75, 3.05) is 45.4 Å². The van der Waals surface area contributed by atoms with E-state index in [-0.39, 0.29) is 12.2 Å². The molecule has 5 heteroatoms. The molecule has 0 aromatic heterocycles. The Balaban J connectivity index is 1.80. The smallest absolute Gasteiger partial charge is 0.142 e. The van der Waals surface area contributed by atoms with Crippen LogP contribution in [-0.2, 0) is 9.47 Å². The number of anilines is 1. The summed E-state index contributed by atoms with van der Waals surface area (Å²) in [6, 6.07) is 15.1. The molecule has 0 saturated carbocycles. The van der Waals surface area contributed by atoms with Crippen LogP contribution in [0.15, 0.2) is 42.5 Å². The standard InChI is InChI=1S/C29H43NO4/c1-6-10-25(22-11-14-24(32-5)15-12-22)28(8-3)34-27(7-2)23-13-16-29-26(21-23)30(18-20-33-29)17-9-19-31-4/h11-16,21,25,27-28H,6-10,17-20H2,1-5H3/t25-,27-,28+/m1/s1. The molecule has 0 spiro atoms. The second kappa shape index (κ2) is 13.6. The molecule has 2 aromatic carbocycles. The Morgan fingerprint density at radius 2 is 1.74 bits per heavy atom. The minimum Gasteiger partial charge on any atom is -0.497 e. The van der Waals surface area contributed by atoms with Crippen LogP contribution in [0.3, 0.4) is 0 Å². The first-order valence-electron chi connectivity index (χ1n) is 12.9. The molecule has 1 aliphatic heterocycles. The zero-order chi connectivity index (χ0) is 24.3. The third kappa shape index (κ3) is 6.67. The predicted molar refractivity (Wildman–Crippen MR) is 139 cm³/mol. The van der Waals surface area contributed by atoms with Crippen molar-refractivity contribution in [3.63, 3.8) is 0 Å². The Hall–Kier alpha value is -2.24. The maximum atomic E-state index is 6.87. The molecule has 0 bridgehead atoms. The Morgan fingerprint density at radius 3 is 2.38 bits per heavy atom. The van der Waals surface area contributed by atoms with Gasteiger partial charge in [0.15, 0.2) is 0 Å². The van der Waals surface area contributed by atoms with Crippen molar-refractivity contribution in [1.29, 1.82) is 0 Å². The van der Waals surface area contributed by atoms with E-state index in [0.29, 0.717) is 5.92 Å². The first-order valence-corrected chi connectivity index (χ1v) is 12.9. The highest BCUT2D eigenvalue weighted by Crippen LogP contribution is 2.38. The number of hydrogen-bond acceptors (Lipinski definition) is 5. The summed E-state index contributed by atoms with van der Waals surface area (Å²) < 4.78 is 23.5. The minimum atomic E-state index is 0.0515. The van der Waals surface area contributed by atoms with Crippen molar-refractivity contribution in [3.8, 4) is 11.5 Å². The number of rotatable bonds is 14. The van der Waals surface area contributed by atoms with Gasteiger partial charge in [-0.05, 0) is 61.1 Å². The lowest BCUT2D eigenvalue weighted by Gasteiger charge is -2.34. The van der Waals surface area contributed by atoms with Crippen molar-refractivity contribution in [3.05, 3.63) is 53.6 Å². The van der Waals surface area contributed by atoms with Crippen molar-refractivity contribution < 1.29 is 18.9 Å². The van der Waals surface area contributed by atoms with Crippen molar-refractivity contribution in [2.24, 2.45) is 0 Å². The highest BCUT2D eigenvalue weighted by molar-refractivity contribution is 5.61. The van der Waals surface area contributed by atoms with E-state index in [1.807, 2.05) is 0 Å². The summed E-state index contributed by atoms with van der Waals surface area (Å²) in [5.74, 6) is 2.23. The average molecular weight is 470 g/mol. The normalized spacial score (nSPS) is 15.9. The van der Waals surface area contributed by atoms with Crippen molar-refractivity contribution in [1.82, 2.24) is 0 Å². The van der Waals surface area contributed by atoms with Gasteiger partial charge in [-0.3, -0.25) is 0 Å². The summed E-state index contributed by atoms with van der Waals surface area (Å²) in [5.41, 5.74) is 3.73. The molecule has 1 aliphatic rings. The lowest BCUT2D eigenvalue weighted by Crippen LogP contribution is -2.34. The van der Waals surface area contributed by atoms with E-state index in [9.17, 15) is 0 Å². The van der Waals surface area contributed by atoms with E-state index in [1.54, 1.807) is 14.2 Å². The first kappa shape index (κ1) is 26.4. The van der Waals surface area contributed by atoms with Crippen LogP contribution in [0.4, 0.5) is 5.69 Å². The molecule has 34 heavy (non-hydrogen) atoms. The van der Waals surface area contributed by atoms with E-state index >= 15 is 0 Å². The molecule has 0 saturated heterocycles. The monoisotopic (exact) mass is 469 g/mol. The number of methoxy groups -OCH3 is 2. The number of hydrogen-bond donors (Lipinski definition) is 0. The summed E-state index contributed by atoms with van der Waals surface area (Å²) >= 11 is 0. The Kier molecular flexibility index (Phi) is 10.5. The summed E-state index contributed by atoms with van der Waals surface area (Å²) in [4.78, 5) is 2.42. The lowest BCUT2D eigenvalue weighted by molar-refractivity contribution is -0.0332. The molecule has 1 heterocycles. The number of benzene rings is 2. The van der Waals surface area contributed by atoms with Crippen molar-refractivity contribution >= 4 is 5.69 Å². The highest BCUT2D eigenvalue weighted by Gasteiger charge is 2.27. The second-order valence-corrected chi connectivity index (χ2v) is 9.06. The van der Waals surface area contributed by atoms with E-state index in [2.05, 4.69) is 68.1 Å². The molecule has 188 valence electrons. The van der Waals surface area contributed by atoms with Gasteiger partial charge in [-0.25, -0.2) is 0 Å². The molecule has 3 rings (SSSR count). The fraction of sp³-hybridized carbons (Fsp3) is 0.586. The summed E-state index contributed by atoms with van der Waals surface area (Å²) in [6.45, 7) is 10.1. The van der Waals surface area contributed by atoms with Gasteiger partial charge in [-0.2, -0.15) is 0 Å². The predicted octanol–water partition coefficient (Wildman–Crippen LogP) is 6.76. The lowest BCUT2D eigenvalue weighted by atomic mass is 9.87. The quantitative estimate of drug-likeness (QED) is 0.286. The van der Waals surface area contributed by atoms with Gasteiger partial charge in [-0.1, -0.05) is 45.4 Å². The third-order valence-electron chi connectivity index (χ3n) is 6.80. The van der Waals surface area contributed by atoms with Crippen LogP contribution >= 0.6 is 0 Å². The van der Waals surface area contributed by atoms with Crippen LogP contribution < -0.4 is 14.4 Å². The molecule has 0 unspecified atom stereocenters. The number of nitrogens with zero attached hydrogens (tertiary/aromatic N) is 1. The van der Waals surface area contributed by atoms with Crippen LogP contribution in [0, 0.1) is 0 Å². The fourth-order valence-corrected chi connectivity index (χ4v) is 4.95. The third-order valence-corrected chi connectivity index (χ3v) is 6.80. The summed E-state index contributed by atoms with van der Waals surface area (Å²) in [7, 11) is 3.47. The molecular formula is C29H43NO4. The maximum Gasteiger partial charge on any atom is 0.142 e. The Morgan fingerprint density at radius 1 is 0.971 bits per heavy atom. The molecule has 0 radical (unpaired) electrons. The molecule has 0 fully saturated rings. The molecule has 2 aromatic rings. The van der Waals surface area contributed by atoms with Gasteiger partial charge < -0.3 is 23.8 Å². The van der Waals surface area contributed by atoms with Gasteiger partial charge in [0.1, 0.15) is 18.1 Å². The van der Waals surface area contributed by atoms with Crippen molar-refractivity contribution in [2.45, 2.75) is 71.0 Å². The molecule has 5 nitrogen and oxygen atoms in total. The molecule has 0 N–H and O–H groups in total. The van der Waals surface area contributed by atoms with Gasteiger partial charge in [0.2, 0.25) is 0 Å². The van der Waals surface area contributed by atoms with Gasteiger partial charge in [0, 0.05) is 26.2 Å². The van der Waals surface area contributed by atoms with E-state index in [0.717, 1.165) is 69.9 Å². The minimum absolute atomic E-state index is 0.0515. The Labute approximate surface area is 206 Å². The number of ether oxygens (including phenoxy) is 4. The van der Waals surface area contributed by atoms with Crippen LogP contribution in [0.1, 0.15) is 76.0 Å². The molecule has 3 atom stereocenters. The van der Waals surface area contributed by atoms with Gasteiger partial charge in [-0.15, -0.1) is 0 Å². The zero-order valence-corrected chi connectivity index (χ0v) is 21.7. The van der Waals surface area contributed by atoms with Gasteiger partial charge in [0.05, 0.1) is 31.5 Å². The van der Waals surface area contributed by atoms with Crippen LogP contribution in [0.5, 0.6) is 11.5 Å². The zero-order valence-electron chi connectivity index (χ0n) is 21.7. The topological polar surface area (TPSA) is 40.2 Å². The Bertz CT molecular complexity index is 854. The second-order valence-electron chi connectivity index (χ2n) is 9.06. The maximum absolute atomic E-state index is 6.87. The van der Waals surface area contributed by atoms with Gasteiger partial charge >= 0.3 is 0 Å². The van der Waals surface area contributed by atoms with Crippen LogP contribution in [0.2, 0.25) is 0 Å². The summed E-state index contributed by atoms with van der Waals surface area (Å²) in [5, 5.41) is 0. The number of fused-ring (bicyclic) bond motifs is 1. The van der Waals surface area contributed by atoms with E-state index < -0.39 is 0 Å². The largest absolute Gasteiger partial charge is 0.497 e. The molecule has 0 amide bonds. The molecular weight excluding hydrogens is 426 g/mol. The highest BCUT2D eigenvalue weighted by atomic mass is 16.5. The SMILES string of the molecule is CCC[C@H](c1ccc(OC)cc1)[C@H](CC)O[C@H](CC)c1ccc2c(c1)N(CCCOC)CCO2.